The molecule has 0 aromatic heterocycles. The Morgan fingerprint density at radius 3 is 2.29 bits per heavy atom. The number of amides is 2. The standard InChI is InChI=1S/C9H16N2O3/c1-7(12)3-4-11-8(13)5-10(2)6-9(11)14/h7,12H,3-6H2,1-2H3. The molecule has 1 heterocycles. The number of aliphatic hydroxyl groups is 1. The lowest BCUT2D eigenvalue weighted by Gasteiger charge is -2.30. The van der Waals surface area contributed by atoms with Crippen LogP contribution in [0, 0.1) is 0 Å². The molecule has 0 spiro atoms. The third-order valence-corrected chi connectivity index (χ3v) is 2.18. The third kappa shape index (κ3) is 2.78. The van der Waals surface area contributed by atoms with Crippen LogP contribution in [0.2, 0.25) is 0 Å². The van der Waals surface area contributed by atoms with E-state index in [2.05, 4.69) is 0 Å². The van der Waals surface area contributed by atoms with Crippen molar-refractivity contribution in [2.45, 2.75) is 19.4 Å². The van der Waals surface area contributed by atoms with Crippen LogP contribution in [0.4, 0.5) is 0 Å². The van der Waals surface area contributed by atoms with Crippen LogP contribution in [0.15, 0.2) is 0 Å². The first-order valence-electron chi connectivity index (χ1n) is 4.70. The number of likely N-dealkylation sites (N-methyl/N-ethyl adjacent to an activating group) is 1. The fraction of sp³-hybridized carbons (Fsp3) is 0.778. The zero-order chi connectivity index (χ0) is 10.7. The minimum absolute atomic E-state index is 0.176. The van der Waals surface area contributed by atoms with Crippen molar-refractivity contribution in [2.75, 3.05) is 26.7 Å². The van der Waals surface area contributed by atoms with Gasteiger partial charge in [-0.2, -0.15) is 0 Å². The van der Waals surface area contributed by atoms with Crippen LogP contribution >= 0.6 is 0 Å². The molecular weight excluding hydrogens is 184 g/mol. The largest absolute Gasteiger partial charge is 0.393 e. The van der Waals surface area contributed by atoms with Gasteiger partial charge in [-0.05, 0) is 20.4 Å². The zero-order valence-corrected chi connectivity index (χ0v) is 8.56. The molecule has 14 heavy (non-hydrogen) atoms. The molecule has 0 radical (unpaired) electrons. The van der Waals surface area contributed by atoms with Gasteiger partial charge in [0.05, 0.1) is 19.2 Å². The Hall–Kier alpha value is -0.940. The van der Waals surface area contributed by atoms with Crippen LogP contribution in [0.3, 0.4) is 0 Å². The highest BCUT2D eigenvalue weighted by atomic mass is 16.3. The number of piperazine rings is 1. The molecule has 5 nitrogen and oxygen atoms in total. The highest BCUT2D eigenvalue weighted by Crippen LogP contribution is 2.04. The highest BCUT2D eigenvalue weighted by Gasteiger charge is 2.28. The van der Waals surface area contributed by atoms with Crippen molar-refractivity contribution < 1.29 is 14.7 Å². The van der Waals surface area contributed by atoms with E-state index < -0.39 is 6.10 Å². The summed E-state index contributed by atoms with van der Waals surface area (Å²) in [5.74, 6) is -0.353. The molecule has 1 fully saturated rings. The second kappa shape index (κ2) is 4.52. The second-order valence-electron chi connectivity index (χ2n) is 3.75. The molecule has 0 saturated carbocycles. The normalized spacial score (nSPS) is 21.5. The molecule has 2 amide bonds. The van der Waals surface area contributed by atoms with Crippen LogP contribution in [0.1, 0.15) is 13.3 Å². The van der Waals surface area contributed by atoms with Gasteiger partial charge in [-0.25, -0.2) is 0 Å². The van der Waals surface area contributed by atoms with Gasteiger partial charge >= 0.3 is 0 Å². The number of carbonyl (C=O) groups excluding carboxylic acids is 2. The summed E-state index contributed by atoms with van der Waals surface area (Å²) in [5, 5.41) is 9.05. The lowest BCUT2D eigenvalue weighted by molar-refractivity contribution is -0.150. The SMILES string of the molecule is CC(O)CCN1C(=O)CN(C)CC1=O. The van der Waals surface area contributed by atoms with Crippen molar-refractivity contribution in [1.29, 1.82) is 0 Å². The molecule has 1 rings (SSSR count). The van der Waals surface area contributed by atoms with Gasteiger partial charge in [0.25, 0.3) is 0 Å². The van der Waals surface area contributed by atoms with E-state index in [4.69, 9.17) is 5.11 Å². The molecule has 0 aliphatic carbocycles. The van der Waals surface area contributed by atoms with Gasteiger partial charge < -0.3 is 5.11 Å². The fourth-order valence-electron chi connectivity index (χ4n) is 1.39. The molecule has 1 N–H and O–H groups in total. The lowest BCUT2D eigenvalue weighted by atomic mass is 10.2. The summed E-state index contributed by atoms with van der Waals surface area (Å²) >= 11 is 0. The molecule has 80 valence electrons. The Morgan fingerprint density at radius 2 is 1.86 bits per heavy atom. The van der Waals surface area contributed by atoms with Gasteiger partial charge in [0.2, 0.25) is 11.8 Å². The molecule has 0 bridgehead atoms. The quantitative estimate of drug-likeness (QED) is 0.597. The first kappa shape index (κ1) is 11.1. The van der Waals surface area contributed by atoms with E-state index in [1.165, 1.54) is 4.90 Å². The minimum Gasteiger partial charge on any atom is -0.393 e. The van der Waals surface area contributed by atoms with E-state index in [1.54, 1.807) is 18.9 Å². The van der Waals surface area contributed by atoms with E-state index in [9.17, 15) is 9.59 Å². The molecule has 1 saturated heterocycles. The summed E-state index contributed by atoms with van der Waals surface area (Å²) in [7, 11) is 1.74. The molecule has 0 aromatic rings. The summed E-state index contributed by atoms with van der Waals surface area (Å²) in [6.45, 7) is 2.53. The van der Waals surface area contributed by atoms with Gasteiger partial charge in [0.1, 0.15) is 0 Å². The summed E-state index contributed by atoms with van der Waals surface area (Å²) in [4.78, 5) is 25.7. The zero-order valence-electron chi connectivity index (χ0n) is 8.56. The van der Waals surface area contributed by atoms with Crippen LogP contribution in [0.25, 0.3) is 0 Å². The average molecular weight is 200 g/mol. The van der Waals surface area contributed by atoms with E-state index in [0.717, 1.165) is 0 Å². The maximum Gasteiger partial charge on any atom is 0.243 e. The number of imide groups is 1. The Bertz CT molecular complexity index is 222. The van der Waals surface area contributed by atoms with Crippen LogP contribution in [-0.4, -0.2) is 59.5 Å². The predicted octanol–water partition coefficient (Wildman–Crippen LogP) is -0.942. The molecule has 5 heteroatoms. The predicted molar refractivity (Wildman–Crippen MR) is 50.5 cm³/mol. The maximum atomic E-state index is 11.4. The molecule has 1 aliphatic heterocycles. The van der Waals surface area contributed by atoms with Crippen LogP contribution in [-0.2, 0) is 9.59 Å². The monoisotopic (exact) mass is 200 g/mol. The molecule has 1 aliphatic rings. The Morgan fingerprint density at radius 1 is 1.36 bits per heavy atom. The van der Waals surface area contributed by atoms with Crippen molar-refractivity contribution in [2.24, 2.45) is 0 Å². The number of carbonyl (C=O) groups is 2. The van der Waals surface area contributed by atoms with Crippen LogP contribution < -0.4 is 0 Å². The smallest absolute Gasteiger partial charge is 0.243 e. The van der Waals surface area contributed by atoms with Gasteiger partial charge in [-0.1, -0.05) is 0 Å². The van der Waals surface area contributed by atoms with Crippen molar-refractivity contribution >= 4 is 11.8 Å². The fourth-order valence-corrected chi connectivity index (χ4v) is 1.39. The number of aliphatic hydroxyl groups excluding tert-OH is 1. The molecule has 1 unspecified atom stereocenters. The lowest BCUT2D eigenvalue weighted by Crippen LogP contribution is -2.53. The van der Waals surface area contributed by atoms with E-state index in [0.29, 0.717) is 13.0 Å². The first-order valence-corrected chi connectivity index (χ1v) is 4.70. The van der Waals surface area contributed by atoms with E-state index in [1.807, 2.05) is 0 Å². The maximum absolute atomic E-state index is 11.4. The molecule has 1 atom stereocenters. The first-order chi connectivity index (χ1) is 6.50. The highest BCUT2D eigenvalue weighted by molar-refractivity contribution is 5.99. The van der Waals surface area contributed by atoms with Gasteiger partial charge in [0.15, 0.2) is 0 Å². The van der Waals surface area contributed by atoms with Gasteiger partial charge in [0, 0.05) is 6.54 Å². The molecular formula is C9H16N2O3. The summed E-state index contributed by atoms with van der Waals surface area (Å²) in [6, 6.07) is 0. The number of hydrogen-bond donors (Lipinski definition) is 1. The van der Waals surface area contributed by atoms with Gasteiger partial charge in [-0.15, -0.1) is 0 Å². The second-order valence-corrected chi connectivity index (χ2v) is 3.75. The minimum atomic E-state index is -0.477. The number of rotatable bonds is 3. The average Bonchev–Trinajstić information content (AvgIpc) is 2.01. The third-order valence-electron chi connectivity index (χ3n) is 2.18. The van der Waals surface area contributed by atoms with Gasteiger partial charge in [-0.3, -0.25) is 19.4 Å². The van der Waals surface area contributed by atoms with Crippen molar-refractivity contribution in [3.05, 3.63) is 0 Å². The number of nitrogens with zero attached hydrogens (tertiary/aromatic N) is 2. The Balaban J connectivity index is 2.50. The molecule has 0 aromatic carbocycles. The summed E-state index contributed by atoms with van der Waals surface area (Å²) in [6.07, 6.45) is -0.0310. The summed E-state index contributed by atoms with van der Waals surface area (Å²) < 4.78 is 0. The topological polar surface area (TPSA) is 60.9 Å². The van der Waals surface area contributed by atoms with E-state index >= 15 is 0 Å². The Kier molecular flexibility index (Phi) is 3.60. The summed E-state index contributed by atoms with van der Waals surface area (Å²) in [5.41, 5.74) is 0. The Labute approximate surface area is 83.3 Å². The van der Waals surface area contributed by atoms with Crippen molar-refractivity contribution in [3.63, 3.8) is 0 Å². The van der Waals surface area contributed by atoms with Crippen LogP contribution in [0.5, 0.6) is 0 Å². The van der Waals surface area contributed by atoms with Crippen molar-refractivity contribution in [3.8, 4) is 0 Å². The number of hydrogen-bond acceptors (Lipinski definition) is 4. The van der Waals surface area contributed by atoms with Crippen molar-refractivity contribution in [1.82, 2.24) is 9.80 Å². The van der Waals surface area contributed by atoms with E-state index in [-0.39, 0.29) is 24.9 Å².